The van der Waals surface area contributed by atoms with Crippen LogP contribution in [0.25, 0.3) is 11.2 Å². The molecule has 0 bridgehead atoms. The smallest absolute Gasteiger partial charge is 0.202 e. The van der Waals surface area contributed by atoms with Gasteiger partial charge in [-0.2, -0.15) is 5.10 Å². The predicted octanol–water partition coefficient (Wildman–Crippen LogP) is 2.12. The van der Waals surface area contributed by atoms with Gasteiger partial charge in [0.05, 0.1) is 17.6 Å². The molecule has 3 aromatic rings. The number of nitrogens with zero attached hydrogens (tertiary/aromatic N) is 5. The van der Waals surface area contributed by atoms with E-state index in [9.17, 15) is 0 Å². The van der Waals surface area contributed by atoms with E-state index in [-0.39, 0.29) is 6.04 Å². The molecule has 2 N–H and O–H groups in total. The fraction of sp³-hybridized carbons (Fsp3) is 0.250. The lowest BCUT2D eigenvalue weighted by Gasteiger charge is -2.15. The topological polar surface area (TPSA) is 74.5 Å². The molecule has 0 radical (unpaired) electrons. The third-order valence-electron chi connectivity index (χ3n) is 2.98. The van der Waals surface area contributed by atoms with Crippen molar-refractivity contribution in [1.82, 2.24) is 24.3 Å². The van der Waals surface area contributed by atoms with Crippen LogP contribution in [-0.4, -0.2) is 24.3 Å². The third kappa shape index (κ3) is 2.15. The fourth-order valence-electron chi connectivity index (χ4n) is 2.17. The summed E-state index contributed by atoms with van der Waals surface area (Å²) in [4.78, 5) is 8.60. The van der Waals surface area contributed by atoms with E-state index in [4.69, 9.17) is 17.3 Å². The fourth-order valence-corrected chi connectivity index (χ4v) is 2.32. The molecule has 0 saturated carbocycles. The van der Waals surface area contributed by atoms with E-state index >= 15 is 0 Å². The van der Waals surface area contributed by atoms with Crippen LogP contribution in [-0.2, 0) is 6.54 Å². The monoisotopic (exact) mass is 276 g/mol. The van der Waals surface area contributed by atoms with Gasteiger partial charge in [0, 0.05) is 18.6 Å². The number of nitrogen functional groups attached to an aromatic ring is 1. The molecule has 0 aliphatic heterocycles. The lowest BCUT2D eigenvalue weighted by molar-refractivity contribution is 0.448. The van der Waals surface area contributed by atoms with Gasteiger partial charge in [-0.3, -0.25) is 9.25 Å². The molecule has 1 atom stereocenters. The second kappa shape index (κ2) is 4.55. The summed E-state index contributed by atoms with van der Waals surface area (Å²) in [5.41, 5.74) is 7.42. The van der Waals surface area contributed by atoms with E-state index < -0.39 is 0 Å². The minimum atomic E-state index is 0.0959. The summed E-state index contributed by atoms with van der Waals surface area (Å²) in [6.07, 6.45) is 5.26. The van der Waals surface area contributed by atoms with E-state index in [1.165, 1.54) is 0 Å². The summed E-state index contributed by atoms with van der Waals surface area (Å²) < 4.78 is 3.75. The Balaban J connectivity index is 2.01. The first-order valence-electron chi connectivity index (χ1n) is 5.91. The summed E-state index contributed by atoms with van der Waals surface area (Å²) >= 11 is 5.91. The second-order valence-corrected chi connectivity index (χ2v) is 4.85. The van der Waals surface area contributed by atoms with Crippen LogP contribution in [0.15, 0.2) is 30.7 Å². The van der Waals surface area contributed by atoms with Crippen molar-refractivity contribution in [2.45, 2.75) is 19.5 Å². The Bertz CT molecular complexity index is 702. The number of fused-ring (bicyclic) bond motifs is 1. The van der Waals surface area contributed by atoms with E-state index in [0.29, 0.717) is 23.0 Å². The van der Waals surface area contributed by atoms with Crippen molar-refractivity contribution in [2.24, 2.45) is 0 Å². The van der Waals surface area contributed by atoms with Crippen LogP contribution in [0.4, 0.5) is 5.95 Å². The molecule has 19 heavy (non-hydrogen) atoms. The molecule has 0 spiro atoms. The summed E-state index contributed by atoms with van der Waals surface area (Å²) in [5.74, 6) is 0.435. The summed E-state index contributed by atoms with van der Waals surface area (Å²) in [5, 5.41) is 4.74. The molecular weight excluding hydrogens is 264 g/mol. The molecule has 0 aliphatic carbocycles. The van der Waals surface area contributed by atoms with Crippen LogP contribution in [0.2, 0.25) is 5.02 Å². The molecule has 6 nitrogen and oxygen atoms in total. The Morgan fingerprint density at radius 1 is 1.47 bits per heavy atom. The predicted molar refractivity (Wildman–Crippen MR) is 73.9 cm³/mol. The third-order valence-corrected chi connectivity index (χ3v) is 3.18. The molecule has 7 heteroatoms. The Morgan fingerprint density at radius 3 is 3.05 bits per heavy atom. The van der Waals surface area contributed by atoms with Crippen molar-refractivity contribution in [2.75, 3.05) is 5.73 Å². The van der Waals surface area contributed by atoms with E-state index in [2.05, 4.69) is 22.0 Å². The number of anilines is 1. The van der Waals surface area contributed by atoms with E-state index in [1.54, 1.807) is 18.5 Å². The van der Waals surface area contributed by atoms with Crippen LogP contribution in [0, 0.1) is 0 Å². The molecule has 3 rings (SSSR count). The number of halogens is 1. The summed E-state index contributed by atoms with van der Waals surface area (Å²) in [7, 11) is 0. The van der Waals surface area contributed by atoms with Crippen molar-refractivity contribution in [3.8, 4) is 0 Å². The molecule has 0 fully saturated rings. The summed E-state index contributed by atoms with van der Waals surface area (Å²) in [6, 6.07) is 3.75. The van der Waals surface area contributed by atoms with Crippen LogP contribution in [0.5, 0.6) is 0 Å². The SMILES string of the molecule is CC(Cn1cccn1)n1c(N)nc2cc(Cl)cnc21. The minimum absolute atomic E-state index is 0.0959. The second-order valence-electron chi connectivity index (χ2n) is 4.41. The van der Waals surface area contributed by atoms with Crippen LogP contribution in [0.1, 0.15) is 13.0 Å². The number of pyridine rings is 1. The molecule has 98 valence electrons. The van der Waals surface area contributed by atoms with Crippen molar-refractivity contribution < 1.29 is 0 Å². The maximum Gasteiger partial charge on any atom is 0.202 e. The molecule has 0 saturated heterocycles. The lowest BCUT2D eigenvalue weighted by Crippen LogP contribution is -2.15. The normalized spacial score (nSPS) is 12.9. The quantitative estimate of drug-likeness (QED) is 0.795. The lowest BCUT2D eigenvalue weighted by atomic mass is 10.3. The number of hydrogen-bond donors (Lipinski definition) is 1. The Labute approximate surface area is 114 Å². The molecule has 0 aliphatic rings. The van der Waals surface area contributed by atoms with Crippen LogP contribution in [0.3, 0.4) is 0 Å². The highest BCUT2D eigenvalue weighted by Gasteiger charge is 2.15. The van der Waals surface area contributed by atoms with Gasteiger partial charge in [0.1, 0.15) is 5.52 Å². The zero-order chi connectivity index (χ0) is 13.4. The highest BCUT2D eigenvalue weighted by molar-refractivity contribution is 6.31. The Hall–Kier alpha value is -2.08. The van der Waals surface area contributed by atoms with Crippen molar-refractivity contribution in [3.05, 3.63) is 35.7 Å². The molecule has 3 aromatic heterocycles. The number of aromatic nitrogens is 5. The average molecular weight is 277 g/mol. The maximum atomic E-state index is 5.97. The van der Waals surface area contributed by atoms with Gasteiger partial charge >= 0.3 is 0 Å². The minimum Gasteiger partial charge on any atom is -0.369 e. The molecule has 3 heterocycles. The maximum absolute atomic E-state index is 5.97. The number of rotatable bonds is 3. The van der Waals surface area contributed by atoms with Crippen LogP contribution >= 0.6 is 11.6 Å². The van der Waals surface area contributed by atoms with Crippen molar-refractivity contribution in [1.29, 1.82) is 0 Å². The first-order valence-corrected chi connectivity index (χ1v) is 6.29. The standard InChI is InChI=1S/C12H13ClN6/c1-8(7-18-4-2-3-16-18)19-11-10(17-12(19)14)5-9(13)6-15-11/h2-6,8H,7H2,1H3,(H2,14,17). The van der Waals surface area contributed by atoms with Gasteiger partial charge in [-0.05, 0) is 19.1 Å². The first kappa shape index (κ1) is 12.0. The summed E-state index contributed by atoms with van der Waals surface area (Å²) in [6.45, 7) is 2.75. The molecule has 1 unspecified atom stereocenters. The van der Waals surface area contributed by atoms with E-state index in [1.807, 2.05) is 21.5 Å². The van der Waals surface area contributed by atoms with E-state index in [0.717, 1.165) is 5.65 Å². The van der Waals surface area contributed by atoms with Gasteiger partial charge < -0.3 is 5.73 Å². The first-order chi connectivity index (χ1) is 9.15. The van der Waals surface area contributed by atoms with Crippen molar-refractivity contribution >= 4 is 28.7 Å². The highest BCUT2D eigenvalue weighted by Crippen LogP contribution is 2.23. The van der Waals surface area contributed by atoms with Gasteiger partial charge in [0.15, 0.2) is 5.65 Å². The largest absolute Gasteiger partial charge is 0.369 e. The molecule has 0 amide bonds. The molecule has 0 aromatic carbocycles. The number of hydrogen-bond acceptors (Lipinski definition) is 4. The number of nitrogens with two attached hydrogens (primary N) is 1. The average Bonchev–Trinajstić information content (AvgIpc) is 2.95. The Morgan fingerprint density at radius 2 is 2.32 bits per heavy atom. The van der Waals surface area contributed by atoms with Crippen molar-refractivity contribution in [3.63, 3.8) is 0 Å². The molecular formula is C12H13ClN6. The van der Waals surface area contributed by atoms with Gasteiger partial charge in [-0.15, -0.1) is 0 Å². The zero-order valence-corrected chi connectivity index (χ0v) is 11.1. The van der Waals surface area contributed by atoms with Crippen LogP contribution < -0.4 is 5.73 Å². The van der Waals surface area contributed by atoms with Gasteiger partial charge in [-0.25, -0.2) is 9.97 Å². The Kier molecular flexibility index (Phi) is 2.87. The highest BCUT2D eigenvalue weighted by atomic mass is 35.5. The zero-order valence-electron chi connectivity index (χ0n) is 10.4. The van der Waals surface area contributed by atoms with Gasteiger partial charge in [0.25, 0.3) is 0 Å². The van der Waals surface area contributed by atoms with Gasteiger partial charge in [0.2, 0.25) is 5.95 Å². The van der Waals surface area contributed by atoms with Gasteiger partial charge in [-0.1, -0.05) is 11.6 Å². The number of imidazole rings is 1.